The summed E-state index contributed by atoms with van der Waals surface area (Å²) in [6, 6.07) is 0. The zero-order valence-electron chi connectivity index (χ0n) is 5.68. The van der Waals surface area contributed by atoms with Gasteiger partial charge in [-0.15, -0.1) is 0 Å². The van der Waals surface area contributed by atoms with E-state index in [1.165, 1.54) is 0 Å². The lowest BCUT2D eigenvalue weighted by Gasteiger charge is -2.05. The molecule has 0 heterocycles. The van der Waals surface area contributed by atoms with Gasteiger partial charge < -0.3 is 0 Å². The van der Waals surface area contributed by atoms with Gasteiger partial charge in [-0.3, -0.25) is 14.7 Å². The lowest BCUT2D eigenvalue weighted by atomic mass is 10.1. The van der Waals surface area contributed by atoms with E-state index in [9.17, 15) is 4.79 Å². The summed E-state index contributed by atoms with van der Waals surface area (Å²) in [4.78, 5) is 10.8. The molecular weight excluding hydrogens is 136 g/mol. The van der Waals surface area contributed by atoms with E-state index in [1.807, 2.05) is 13.8 Å². The number of nitrogens with one attached hydrogen (secondary N) is 1. The molecule has 0 bridgehead atoms. The van der Waals surface area contributed by atoms with Gasteiger partial charge in [-0.25, -0.2) is 0 Å². The third-order valence-electron chi connectivity index (χ3n) is 1.22. The maximum Gasteiger partial charge on any atom is 0.233 e. The lowest BCUT2D eigenvalue weighted by Crippen LogP contribution is -2.24. The highest BCUT2D eigenvalue weighted by Crippen LogP contribution is 2.00. The Labute approximate surface area is 59.6 Å². The van der Waals surface area contributed by atoms with Gasteiger partial charge in [0.2, 0.25) is 5.91 Å². The molecule has 0 aromatic rings. The molecule has 0 aliphatic heterocycles. The third-order valence-corrected chi connectivity index (χ3v) is 1.54. The van der Waals surface area contributed by atoms with E-state index in [0.717, 1.165) is 18.6 Å². The van der Waals surface area contributed by atoms with E-state index in [-0.39, 0.29) is 11.8 Å². The number of carbonyl (C=O) groups excluding carboxylic acids is 1. The Morgan fingerprint density at radius 1 is 1.89 bits per heavy atom. The van der Waals surface area contributed by atoms with Crippen molar-refractivity contribution in [2.45, 2.75) is 20.3 Å². The maximum atomic E-state index is 10.8. The molecule has 0 saturated heterocycles. The molecule has 0 radical (unpaired) electrons. The molecule has 9 heavy (non-hydrogen) atoms. The summed E-state index contributed by atoms with van der Waals surface area (Å²) >= 11 is 0.854. The zero-order chi connectivity index (χ0) is 7.28. The van der Waals surface area contributed by atoms with Crippen LogP contribution >= 0.6 is 12.1 Å². The molecule has 0 aliphatic carbocycles. The molecule has 0 saturated carbocycles. The van der Waals surface area contributed by atoms with Gasteiger partial charge in [-0.1, -0.05) is 13.8 Å². The molecule has 0 aliphatic rings. The van der Waals surface area contributed by atoms with E-state index < -0.39 is 0 Å². The van der Waals surface area contributed by atoms with Crippen LogP contribution in [0.5, 0.6) is 0 Å². The van der Waals surface area contributed by atoms with Crippen molar-refractivity contribution in [3.05, 3.63) is 0 Å². The second-order valence-corrected chi connectivity index (χ2v) is 2.33. The highest BCUT2D eigenvalue weighted by molar-refractivity contribution is 7.95. The number of hydrogen-bond donors (Lipinski definition) is 2. The monoisotopic (exact) mass is 148 g/mol. The average Bonchev–Trinajstić information content (AvgIpc) is 1.87. The van der Waals surface area contributed by atoms with Gasteiger partial charge in [0.1, 0.15) is 0 Å². The molecular formula is C5H12N2OS. The summed E-state index contributed by atoms with van der Waals surface area (Å²) in [5, 5.41) is 5.01. The molecule has 3 nitrogen and oxygen atoms in total. The van der Waals surface area contributed by atoms with Gasteiger partial charge in [0.25, 0.3) is 0 Å². The molecule has 0 rings (SSSR count). The lowest BCUT2D eigenvalue weighted by molar-refractivity contribution is -0.122. The minimum Gasteiger partial charge on any atom is -0.287 e. The van der Waals surface area contributed by atoms with Crippen molar-refractivity contribution in [2.24, 2.45) is 11.1 Å². The molecule has 1 amide bonds. The largest absolute Gasteiger partial charge is 0.287 e. The Hall–Kier alpha value is -0.220. The van der Waals surface area contributed by atoms with Crippen LogP contribution in [0.15, 0.2) is 0 Å². The maximum absolute atomic E-state index is 10.8. The van der Waals surface area contributed by atoms with Crippen LogP contribution in [-0.4, -0.2) is 5.91 Å². The summed E-state index contributed by atoms with van der Waals surface area (Å²) < 4.78 is 2.45. The van der Waals surface area contributed by atoms with Crippen LogP contribution in [0.1, 0.15) is 20.3 Å². The van der Waals surface area contributed by atoms with Gasteiger partial charge in [-0.2, -0.15) is 0 Å². The normalized spacial score (nSPS) is 12.8. The molecule has 3 N–H and O–H groups in total. The second-order valence-electron chi connectivity index (χ2n) is 1.89. The van der Waals surface area contributed by atoms with E-state index in [0.29, 0.717) is 0 Å². The average molecular weight is 148 g/mol. The van der Waals surface area contributed by atoms with E-state index in [4.69, 9.17) is 5.14 Å². The molecule has 4 heteroatoms. The molecule has 1 atom stereocenters. The molecule has 0 aromatic carbocycles. The summed E-state index contributed by atoms with van der Waals surface area (Å²) in [7, 11) is 0. The van der Waals surface area contributed by atoms with Crippen LogP contribution in [0.25, 0.3) is 0 Å². The SMILES string of the molecule is CCC(C)C(=O)NSN. The first-order valence-corrected chi connectivity index (χ1v) is 3.75. The highest BCUT2D eigenvalue weighted by Gasteiger charge is 2.07. The smallest absolute Gasteiger partial charge is 0.233 e. The predicted molar refractivity (Wildman–Crippen MR) is 39.4 cm³/mol. The minimum atomic E-state index is 0.00463. The van der Waals surface area contributed by atoms with Gasteiger partial charge in [0.15, 0.2) is 0 Å². The summed E-state index contributed by atoms with van der Waals surface area (Å²) in [6.45, 7) is 3.83. The van der Waals surface area contributed by atoms with Crippen LogP contribution in [0.3, 0.4) is 0 Å². The van der Waals surface area contributed by atoms with Gasteiger partial charge >= 0.3 is 0 Å². The molecule has 0 aromatic heterocycles. The first kappa shape index (κ1) is 8.78. The van der Waals surface area contributed by atoms with Crippen LogP contribution in [0.2, 0.25) is 0 Å². The van der Waals surface area contributed by atoms with Crippen LogP contribution in [0.4, 0.5) is 0 Å². The molecule has 1 unspecified atom stereocenters. The summed E-state index contributed by atoms with van der Waals surface area (Å²) in [6.07, 6.45) is 0.854. The first-order chi connectivity index (χ1) is 4.22. The number of rotatable bonds is 3. The Morgan fingerprint density at radius 3 is 2.78 bits per heavy atom. The number of carbonyl (C=O) groups is 1. The van der Waals surface area contributed by atoms with Gasteiger partial charge in [-0.05, 0) is 6.42 Å². The fourth-order valence-electron chi connectivity index (χ4n) is 0.344. The second kappa shape index (κ2) is 4.64. The topological polar surface area (TPSA) is 55.1 Å². The van der Waals surface area contributed by atoms with E-state index in [2.05, 4.69) is 4.72 Å². The fraction of sp³-hybridized carbons (Fsp3) is 0.800. The van der Waals surface area contributed by atoms with Gasteiger partial charge in [0, 0.05) is 18.1 Å². The van der Waals surface area contributed by atoms with E-state index >= 15 is 0 Å². The molecule has 54 valence electrons. The van der Waals surface area contributed by atoms with Crippen molar-refractivity contribution in [1.29, 1.82) is 0 Å². The number of amides is 1. The van der Waals surface area contributed by atoms with Crippen molar-refractivity contribution in [1.82, 2.24) is 4.72 Å². The van der Waals surface area contributed by atoms with Crippen LogP contribution in [-0.2, 0) is 4.79 Å². The van der Waals surface area contributed by atoms with E-state index in [1.54, 1.807) is 0 Å². The Kier molecular flexibility index (Phi) is 4.53. The Balaban J connectivity index is 3.46. The van der Waals surface area contributed by atoms with Crippen LogP contribution < -0.4 is 9.86 Å². The predicted octanol–water partition coefficient (Wildman–Crippen LogP) is 0.671. The fourth-order valence-corrected chi connectivity index (χ4v) is 0.661. The highest BCUT2D eigenvalue weighted by atomic mass is 32.2. The van der Waals surface area contributed by atoms with Gasteiger partial charge in [0.05, 0.1) is 0 Å². The zero-order valence-corrected chi connectivity index (χ0v) is 6.49. The minimum absolute atomic E-state index is 0.00463. The van der Waals surface area contributed by atoms with Crippen molar-refractivity contribution < 1.29 is 4.79 Å². The van der Waals surface area contributed by atoms with Crippen molar-refractivity contribution in [2.75, 3.05) is 0 Å². The quantitative estimate of drug-likeness (QED) is 0.578. The third kappa shape index (κ3) is 3.37. The van der Waals surface area contributed by atoms with Crippen molar-refractivity contribution in [3.8, 4) is 0 Å². The Morgan fingerprint density at radius 2 is 2.44 bits per heavy atom. The summed E-state index contributed by atoms with van der Waals surface area (Å²) in [5.41, 5.74) is 0. The number of nitrogens with two attached hydrogens (primary N) is 1. The molecule has 0 spiro atoms. The Bertz CT molecular complexity index is 97.0. The van der Waals surface area contributed by atoms with Crippen molar-refractivity contribution in [3.63, 3.8) is 0 Å². The summed E-state index contributed by atoms with van der Waals surface area (Å²) in [5.74, 6) is 0.0750. The standard InChI is InChI=1S/C5H12N2OS/c1-3-4(2)5(8)7-9-6/h4H,3,6H2,1-2H3,(H,7,8). The molecule has 0 fully saturated rings. The number of hydrogen-bond acceptors (Lipinski definition) is 3. The van der Waals surface area contributed by atoms with Crippen molar-refractivity contribution >= 4 is 18.0 Å². The van der Waals surface area contributed by atoms with Crippen LogP contribution in [0, 0.1) is 5.92 Å². The first-order valence-electron chi connectivity index (χ1n) is 2.88.